The molecule has 0 radical (unpaired) electrons. The minimum absolute atomic E-state index is 0.0230. The maximum absolute atomic E-state index is 13.2. The van der Waals surface area contributed by atoms with Gasteiger partial charge in [0.25, 0.3) is 0 Å². The Balaban J connectivity index is 1.30. The van der Waals surface area contributed by atoms with Crippen LogP contribution in [0.25, 0.3) is 22.6 Å². The van der Waals surface area contributed by atoms with E-state index >= 15 is 0 Å². The summed E-state index contributed by atoms with van der Waals surface area (Å²) in [5.74, 6) is 0.246. The number of ether oxygens (including phenoxy) is 4. The van der Waals surface area contributed by atoms with Crippen molar-refractivity contribution in [3.63, 3.8) is 0 Å². The quantitative estimate of drug-likeness (QED) is 0.434. The van der Waals surface area contributed by atoms with E-state index in [0.717, 1.165) is 36.1 Å². The van der Waals surface area contributed by atoms with Crippen LogP contribution in [0.1, 0.15) is 30.0 Å². The minimum Gasteiger partial charge on any atom is -0.378 e. The highest BCUT2D eigenvalue weighted by Gasteiger charge is 2.39. The van der Waals surface area contributed by atoms with Crippen molar-refractivity contribution < 1.29 is 32.1 Å². The number of nitrogens with zero attached hydrogens (tertiary/aromatic N) is 2. The summed E-state index contributed by atoms with van der Waals surface area (Å²) in [6.07, 6.45) is -1.54. The molecule has 1 saturated heterocycles. The molecule has 1 fully saturated rings. The zero-order chi connectivity index (χ0) is 26.2. The molecule has 0 spiro atoms. The second-order valence-electron chi connectivity index (χ2n) is 9.47. The topological polar surface area (TPSA) is 62.7 Å². The summed E-state index contributed by atoms with van der Waals surface area (Å²) in [5.41, 5.74) is 3.46. The number of aromatic nitrogens is 2. The lowest BCUT2D eigenvalue weighted by Gasteiger charge is -2.39. The lowest BCUT2D eigenvalue weighted by atomic mass is 10.0. The van der Waals surface area contributed by atoms with Crippen LogP contribution >= 0.6 is 0 Å². The molecule has 2 aromatic carbocycles. The maximum Gasteiger partial charge on any atom is 0.416 e. The molecule has 3 aromatic rings. The fraction of sp³-hybridized carbons (Fsp3) is 0.429. The van der Waals surface area contributed by atoms with E-state index in [2.05, 4.69) is 22.1 Å². The van der Waals surface area contributed by atoms with Crippen molar-refractivity contribution in [3.8, 4) is 22.6 Å². The zero-order valence-electron chi connectivity index (χ0n) is 20.9. The highest BCUT2D eigenvalue weighted by Crippen LogP contribution is 2.34. The normalized spacial score (nSPS) is 25.7. The predicted octanol–water partition coefficient (Wildman–Crippen LogP) is 5.48. The summed E-state index contributed by atoms with van der Waals surface area (Å²) in [4.78, 5) is 8.77. The molecule has 0 saturated carbocycles. The predicted molar refractivity (Wildman–Crippen MR) is 131 cm³/mol. The Morgan fingerprint density at radius 3 is 2.51 bits per heavy atom. The standard InChI is InChI=1S/C28H29F3N2O4/c1-16-26(35-3)24(34-2)15-25(36-16)37-22-13-17-7-8-18(11-20(17)14-22)23-9-10-32-27(33-23)19-5-4-6-21(12-19)28(29,30)31/h4-12,16,22,24-26H,13-15H2,1-3H3. The summed E-state index contributed by atoms with van der Waals surface area (Å²) in [6.45, 7) is 1.96. The minimum atomic E-state index is -4.43. The molecule has 2 aliphatic rings. The van der Waals surface area contributed by atoms with Crippen LogP contribution in [0.2, 0.25) is 0 Å². The molecule has 6 nitrogen and oxygen atoms in total. The van der Waals surface area contributed by atoms with Gasteiger partial charge in [-0.2, -0.15) is 13.2 Å². The van der Waals surface area contributed by atoms with Gasteiger partial charge >= 0.3 is 6.18 Å². The Morgan fingerprint density at radius 2 is 1.76 bits per heavy atom. The fourth-order valence-electron chi connectivity index (χ4n) is 5.20. The van der Waals surface area contributed by atoms with Crippen molar-refractivity contribution in [2.75, 3.05) is 14.2 Å². The van der Waals surface area contributed by atoms with Gasteiger partial charge in [-0.1, -0.05) is 24.3 Å². The van der Waals surface area contributed by atoms with Crippen molar-refractivity contribution in [1.29, 1.82) is 0 Å². The number of fused-ring (bicyclic) bond motifs is 1. The fourth-order valence-corrected chi connectivity index (χ4v) is 5.20. The molecule has 1 aliphatic heterocycles. The molecule has 0 bridgehead atoms. The van der Waals surface area contributed by atoms with Crippen LogP contribution < -0.4 is 0 Å². The largest absolute Gasteiger partial charge is 0.416 e. The summed E-state index contributed by atoms with van der Waals surface area (Å²) in [6, 6.07) is 12.9. The van der Waals surface area contributed by atoms with Crippen LogP contribution in [-0.2, 0) is 38.0 Å². The molecule has 2 heterocycles. The molecule has 9 heteroatoms. The molecule has 5 rings (SSSR count). The summed E-state index contributed by atoms with van der Waals surface area (Å²) < 4.78 is 62.9. The average molecular weight is 515 g/mol. The van der Waals surface area contributed by atoms with Gasteiger partial charge in [0.05, 0.1) is 29.6 Å². The molecular weight excluding hydrogens is 485 g/mol. The zero-order valence-corrected chi connectivity index (χ0v) is 20.9. The van der Waals surface area contributed by atoms with E-state index in [9.17, 15) is 13.2 Å². The molecule has 37 heavy (non-hydrogen) atoms. The second-order valence-corrected chi connectivity index (χ2v) is 9.47. The first-order valence-electron chi connectivity index (χ1n) is 12.2. The van der Waals surface area contributed by atoms with Crippen LogP contribution in [0.15, 0.2) is 54.7 Å². The number of hydrogen-bond acceptors (Lipinski definition) is 6. The van der Waals surface area contributed by atoms with Crippen LogP contribution in [0.5, 0.6) is 0 Å². The van der Waals surface area contributed by atoms with Crippen molar-refractivity contribution in [1.82, 2.24) is 9.97 Å². The van der Waals surface area contributed by atoms with Crippen molar-refractivity contribution in [2.24, 2.45) is 0 Å². The first-order valence-corrected chi connectivity index (χ1v) is 12.2. The first kappa shape index (κ1) is 25.8. The van der Waals surface area contributed by atoms with Crippen LogP contribution in [0.4, 0.5) is 13.2 Å². The number of halogens is 3. The number of alkyl halides is 3. The molecule has 1 aliphatic carbocycles. The van der Waals surface area contributed by atoms with Gasteiger partial charge in [-0.05, 0) is 55.2 Å². The molecule has 196 valence electrons. The molecule has 1 aromatic heterocycles. The van der Waals surface area contributed by atoms with Crippen molar-refractivity contribution in [2.45, 2.75) is 63.1 Å². The Bertz CT molecular complexity index is 1250. The second kappa shape index (κ2) is 10.5. The summed E-state index contributed by atoms with van der Waals surface area (Å²) in [5, 5.41) is 0. The number of methoxy groups -OCH3 is 2. The Hall–Kier alpha value is -2.85. The van der Waals surface area contributed by atoms with Gasteiger partial charge in [0.2, 0.25) is 0 Å². The Kier molecular flexibility index (Phi) is 7.31. The third kappa shape index (κ3) is 5.55. The number of hydrogen-bond donors (Lipinski definition) is 0. The molecule has 0 amide bonds. The monoisotopic (exact) mass is 514 g/mol. The molecule has 0 N–H and O–H groups in total. The van der Waals surface area contributed by atoms with Crippen LogP contribution in [0.3, 0.4) is 0 Å². The van der Waals surface area contributed by atoms with Crippen molar-refractivity contribution in [3.05, 3.63) is 71.4 Å². The average Bonchev–Trinajstić information content (AvgIpc) is 3.29. The first-order chi connectivity index (χ1) is 17.7. The molecular formula is C28H29F3N2O4. The Labute approximate surface area is 213 Å². The van der Waals surface area contributed by atoms with Gasteiger partial charge in [-0.15, -0.1) is 0 Å². The maximum atomic E-state index is 13.2. The van der Waals surface area contributed by atoms with E-state index in [0.29, 0.717) is 17.7 Å². The smallest absolute Gasteiger partial charge is 0.378 e. The van der Waals surface area contributed by atoms with Crippen LogP contribution in [0, 0.1) is 0 Å². The van der Waals surface area contributed by atoms with Crippen LogP contribution in [-0.4, -0.2) is 54.9 Å². The van der Waals surface area contributed by atoms with Gasteiger partial charge in [0, 0.05) is 38.0 Å². The van der Waals surface area contributed by atoms with E-state index < -0.39 is 11.7 Å². The van der Waals surface area contributed by atoms with Gasteiger partial charge in [-0.3, -0.25) is 0 Å². The third-order valence-electron chi connectivity index (χ3n) is 7.04. The third-order valence-corrected chi connectivity index (χ3v) is 7.04. The molecule has 5 unspecified atom stereocenters. The lowest BCUT2D eigenvalue weighted by molar-refractivity contribution is -0.265. The summed E-state index contributed by atoms with van der Waals surface area (Å²) >= 11 is 0. The molecule has 5 atom stereocenters. The van der Waals surface area contributed by atoms with E-state index in [1.54, 1.807) is 32.5 Å². The van der Waals surface area contributed by atoms with E-state index in [4.69, 9.17) is 18.9 Å². The highest BCUT2D eigenvalue weighted by atomic mass is 19.4. The van der Waals surface area contributed by atoms with Gasteiger partial charge < -0.3 is 18.9 Å². The number of rotatable bonds is 6. The van der Waals surface area contributed by atoms with Crippen molar-refractivity contribution >= 4 is 0 Å². The lowest BCUT2D eigenvalue weighted by Crippen LogP contribution is -2.50. The van der Waals surface area contributed by atoms with Gasteiger partial charge in [-0.25, -0.2) is 9.97 Å². The van der Waals surface area contributed by atoms with E-state index in [1.165, 1.54) is 11.6 Å². The Morgan fingerprint density at radius 1 is 0.946 bits per heavy atom. The van der Waals surface area contributed by atoms with E-state index in [1.807, 2.05) is 13.0 Å². The van der Waals surface area contributed by atoms with Gasteiger partial charge in [0.1, 0.15) is 6.10 Å². The number of benzene rings is 2. The summed E-state index contributed by atoms with van der Waals surface area (Å²) in [7, 11) is 3.33. The van der Waals surface area contributed by atoms with Gasteiger partial charge in [0.15, 0.2) is 12.1 Å². The van der Waals surface area contributed by atoms with E-state index in [-0.39, 0.29) is 36.5 Å². The SMILES string of the molecule is COC1CC(OC2Cc3ccc(-c4ccnc(-c5cccc(C(F)(F)F)c5)n4)cc3C2)OC(C)C1OC. The highest BCUT2D eigenvalue weighted by molar-refractivity contribution is 5.65.